The third kappa shape index (κ3) is 2.09. The molecule has 1 aliphatic heterocycles. The molecule has 6 heteroatoms. The van der Waals surface area contributed by atoms with E-state index in [9.17, 15) is 19.6 Å². The quantitative estimate of drug-likeness (QED) is 0.720. The van der Waals surface area contributed by atoms with Gasteiger partial charge in [-0.2, -0.15) is 5.26 Å². The number of nitriles is 1. The summed E-state index contributed by atoms with van der Waals surface area (Å²) in [7, 11) is 0. The lowest BCUT2D eigenvalue weighted by Crippen LogP contribution is -2.63. The second-order valence-electron chi connectivity index (χ2n) is 5.48. The van der Waals surface area contributed by atoms with Crippen LogP contribution in [0.1, 0.15) is 33.1 Å². The number of hydrogen-bond donors (Lipinski definition) is 1. The van der Waals surface area contributed by atoms with Gasteiger partial charge in [0.25, 0.3) is 0 Å². The topological polar surface area (TPSA) is 90.3 Å². The first-order chi connectivity index (χ1) is 8.93. The van der Waals surface area contributed by atoms with Crippen molar-refractivity contribution in [2.75, 3.05) is 6.54 Å². The van der Waals surface area contributed by atoms with E-state index >= 15 is 0 Å². The Morgan fingerprint density at radius 2 is 2.16 bits per heavy atom. The molecule has 0 aromatic heterocycles. The molecular weight excluding hydrogens is 246 g/mol. The predicted molar refractivity (Wildman–Crippen MR) is 65.4 cm³/mol. The van der Waals surface area contributed by atoms with Gasteiger partial charge in [0.1, 0.15) is 18.0 Å². The summed E-state index contributed by atoms with van der Waals surface area (Å²) in [4.78, 5) is 36.9. The molecule has 19 heavy (non-hydrogen) atoms. The maximum Gasteiger partial charge on any atom is 0.249 e. The SMILES string of the molecule is CCC1C(=O)NC(=O)CN1C(=O)C1(C#N)CC(C)C1. The number of carbonyl (C=O) groups excluding carboxylic acids is 3. The highest BCUT2D eigenvalue weighted by Crippen LogP contribution is 2.46. The summed E-state index contributed by atoms with van der Waals surface area (Å²) in [6.45, 7) is 3.62. The molecule has 0 bridgehead atoms. The van der Waals surface area contributed by atoms with E-state index in [1.54, 1.807) is 6.92 Å². The van der Waals surface area contributed by atoms with E-state index in [0.29, 0.717) is 25.2 Å². The molecule has 6 nitrogen and oxygen atoms in total. The van der Waals surface area contributed by atoms with Gasteiger partial charge < -0.3 is 4.90 Å². The number of rotatable bonds is 2. The van der Waals surface area contributed by atoms with Gasteiger partial charge in [0.05, 0.1) is 6.07 Å². The maximum absolute atomic E-state index is 12.5. The van der Waals surface area contributed by atoms with Crippen molar-refractivity contribution < 1.29 is 14.4 Å². The fraction of sp³-hybridized carbons (Fsp3) is 0.692. The minimum absolute atomic E-state index is 0.138. The zero-order valence-corrected chi connectivity index (χ0v) is 11.1. The summed E-state index contributed by atoms with van der Waals surface area (Å²) in [6, 6.07) is 1.44. The van der Waals surface area contributed by atoms with Crippen molar-refractivity contribution in [3.05, 3.63) is 0 Å². The van der Waals surface area contributed by atoms with Gasteiger partial charge in [0, 0.05) is 0 Å². The van der Waals surface area contributed by atoms with Crippen molar-refractivity contribution in [2.45, 2.75) is 39.2 Å². The van der Waals surface area contributed by atoms with Crippen LogP contribution in [0.3, 0.4) is 0 Å². The molecule has 1 heterocycles. The van der Waals surface area contributed by atoms with Gasteiger partial charge >= 0.3 is 0 Å². The van der Waals surface area contributed by atoms with Gasteiger partial charge in [-0.15, -0.1) is 0 Å². The van der Waals surface area contributed by atoms with E-state index in [2.05, 4.69) is 11.4 Å². The average molecular weight is 263 g/mol. The molecule has 2 fully saturated rings. The maximum atomic E-state index is 12.5. The van der Waals surface area contributed by atoms with Crippen LogP contribution in [0.4, 0.5) is 0 Å². The molecule has 1 saturated carbocycles. The summed E-state index contributed by atoms with van der Waals surface area (Å²) >= 11 is 0. The van der Waals surface area contributed by atoms with Crippen molar-refractivity contribution in [1.29, 1.82) is 5.26 Å². The van der Waals surface area contributed by atoms with Gasteiger partial charge in [-0.25, -0.2) is 0 Å². The van der Waals surface area contributed by atoms with Gasteiger partial charge in [0.15, 0.2) is 0 Å². The second kappa shape index (κ2) is 4.65. The van der Waals surface area contributed by atoms with E-state index in [4.69, 9.17) is 0 Å². The number of carbonyl (C=O) groups is 3. The first-order valence-electron chi connectivity index (χ1n) is 6.49. The highest BCUT2D eigenvalue weighted by Gasteiger charge is 2.53. The number of amides is 3. The van der Waals surface area contributed by atoms with Crippen molar-refractivity contribution >= 4 is 17.7 Å². The first-order valence-corrected chi connectivity index (χ1v) is 6.49. The molecule has 1 aliphatic carbocycles. The smallest absolute Gasteiger partial charge is 0.249 e. The summed E-state index contributed by atoms with van der Waals surface area (Å²) in [5.41, 5.74) is -1.04. The fourth-order valence-electron chi connectivity index (χ4n) is 3.00. The van der Waals surface area contributed by atoms with Gasteiger partial charge in [-0.05, 0) is 25.2 Å². The van der Waals surface area contributed by atoms with Crippen LogP contribution < -0.4 is 5.32 Å². The minimum Gasteiger partial charge on any atom is -0.320 e. The number of piperazine rings is 1. The minimum atomic E-state index is -1.04. The lowest BCUT2D eigenvalue weighted by molar-refractivity contribution is -0.158. The third-order valence-electron chi connectivity index (χ3n) is 3.92. The molecule has 102 valence electrons. The highest BCUT2D eigenvalue weighted by atomic mass is 16.2. The molecule has 0 radical (unpaired) electrons. The Kier molecular flexibility index (Phi) is 3.31. The molecule has 2 aliphatic rings. The number of nitrogens with one attached hydrogen (secondary N) is 1. The predicted octanol–water partition coefficient (Wildman–Crippen LogP) is 0.190. The van der Waals surface area contributed by atoms with Crippen LogP contribution in [0, 0.1) is 22.7 Å². The van der Waals surface area contributed by atoms with Crippen molar-refractivity contribution in [2.24, 2.45) is 11.3 Å². The molecule has 1 atom stereocenters. The van der Waals surface area contributed by atoms with E-state index < -0.39 is 23.3 Å². The Balaban J connectivity index is 2.24. The fourth-order valence-corrected chi connectivity index (χ4v) is 3.00. The molecule has 0 aromatic carbocycles. The zero-order chi connectivity index (χ0) is 14.2. The Hall–Kier alpha value is -1.90. The lowest BCUT2D eigenvalue weighted by Gasteiger charge is -2.44. The summed E-state index contributed by atoms with van der Waals surface area (Å²) in [5.74, 6) is -0.975. The van der Waals surface area contributed by atoms with Crippen LogP contribution >= 0.6 is 0 Å². The molecule has 0 spiro atoms. The Morgan fingerprint density at radius 1 is 1.53 bits per heavy atom. The van der Waals surface area contributed by atoms with Crippen molar-refractivity contribution in [3.63, 3.8) is 0 Å². The molecule has 0 aromatic rings. The van der Waals surface area contributed by atoms with Crippen molar-refractivity contribution in [3.8, 4) is 6.07 Å². The monoisotopic (exact) mass is 263 g/mol. The second-order valence-corrected chi connectivity index (χ2v) is 5.48. The third-order valence-corrected chi connectivity index (χ3v) is 3.92. The van der Waals surface area contributed by atoms with E-state index in [0.717, 1.165) is 0 Å². The largest absolute Gasteiger partial charge is 0.320 e. The molecule has 2 rings (SSSR count). The number of nitrogens with zero attached hydrogens (tertiary/aromatic N) is 2. The summed E-state index contributed by atoms with van der Waals surface area (Å²) in [6.07, 6.45) is 1.44. The Labute approximate surface area is 111 Å². The summed E-state index contributed by atoms with van der Waals surface area (Å²) in [5, 5.41) is 11.5. The zero-order valence-electron chi connectivity index (χ0n) is 11.1. The summed E-state index contributed by atoms with van der Waals surface area (Å²) < 4.78 is 0. The van der Waals surface area contributed by atoms with Gasteiger partial charge in [0.2, 0.25) is 17.7 Å². The standard InChI is InChI=1S/C13H17N3O3/c1-3-9-11(18)15-10(17)6-16(9)12(19)13(7-14)4-8(2)5-13/h8-9H,3-6H2,1-2H3,(H,15,17,18). The van der Waals surface area contributed by atoms with E-state index in [-0.39, 0.29) is 12.5 Å². The van der Waals surface area contributed by atoms with Crippen LogP contribution in [0.25, 0.3) is 0 Å². The normalized spacial score (nSPS) is 34.3. The Morgan fingerprint density at radius 3 is 2.63 bits per heavy atom. The van der Waals surface area contributed by atoms with Gasteiger partial charge in [-0.1, -0.05) is 13.8 Å². The van der Waals surface area contributed by atoms with E-state index in [1.165, 1.54) is 4.90 Å². The van der Waals surface area contributed by atoms with Crippen LogP contribution in [0.2, 0.25) is 0 Å². The first kappa shape index (κ1) is 13.5. The average Bonchev–Trinajstić information content (AvgIpc) is 2.33. The molecular formula is C13H17N3O3. The number of hydrogen-bond acceptors (Lipinski definition) is 4. The molecule has 1 saturated heterocycles. The number of imide groups is 1. The lowest BCUT2D eigenvalue weighted by atomic mass is 9.62. The Bertz CT molecular complexity index is 474. The molecule has 1 unspecified atom stereocenters. The van der Waals surface area contributed by atoms with E-state index in [1.807, 2.05) is 6.92 Å². The van der Waals surface area contributed by atoms with Crippen LogP contribution in [0.5, 0.6) is 0 Å². The van der Waals surface area contributed by atoms with Crippen LogP contribution in [-0.4, -0.2) is 35.2 Å². The molecule has 3 amide bonds. The van der Waals surface area contributed by atoms with Gasteiger partial charge in [-0.3, -0.25) is 19.7 Å². The van der Waals surface area contributed by atoms with Crippen molar-refractivity contribution in [1.82, 2.24) is 10.2 Å². The van der Waals surface area contributed by atoms with Crippen LogP contribution in [-0.2, 0) is 14.4 Å². The van der Waals surface area contributed by atoms with Crippen LogP contribution in [0.15, 0.2) is 0 Å². The molecule has 1 N–H and O–H groups in total. The highest BCUT2D eigenvalue weighted by molar-refractivity contribution is 6.05.